The molecule has 3 N–H and O–H groups in total. The zero-order valence-electron chi connectivity index (χ0n) is 18.0. The summed E-state index contributed by atoms with van der Waals surface area (Å²) >= 11 is 0. The SMILES string of the molecule is CCNC(=NCC(=O)Nc1ccccc1)NCCc1ccc(OCC)c(OCC)c1. The van der Waals surface area contributed by atoms with E-state index < -0.39 is 0 Å². The van der Waals surface area contributed by atoms with Crippen LogP contribution >= 0.6 is 0 Å². The molecule has 1 amide bonds. The van der Waals surface area contributed by atoms with Crippen LogP contribution in [-0.2, 0) is 11.2 Å². The number of carbonyl (C=O) groups excluding carboxylic acids is 1. The molecule has 162 valence electrons. The Labute approximate surface area is 178 Å². The van der Waals surface area contributed by atoms with E-state index in [-0.39, 0.29) is 12.5 Å². The lowest BCUT2D eigenvalue weighted by molar-refractivity contribution is -0.114. The standard InChI is InChI=1S/C23H32N4O3/c1-4-24-23(26-17-22(28)27-19-10-8-7-9-11-19)25-15-14-18-12-13-20(29-5-2)21(16-18)30-6-3/h7-13,16H,4-6,14-15,17H2,1-3H3,(H,27,28)(H2,24,25,26). The highest BCUT2D eigenvalue weighted by molar-refractivity contribution is 5.94. The van der Waals surface area contributed by atoms with Gasteiger partial charge in [-0.1, -0.05) is 24.3 Å². The highest BCUT2D eigenvalue weighted by atomic mass is 16.5. The van der Waals surface area contributed by atoms with Gasteiger partial charge in [-0.3, -0.25) is 4.79 Å². The fourth-order valence-corrected chi connectivity index (χ4v) is 2.79. The second-order valence-corrected chi connectivity index (χ2v) is 6.43. The van der Waals surface area contributed by atoms with Crippen molar-refractivity contribution in [3.05, 3.63) is 54.1 Å². The average molecular weight is 413 g/mol. The van der Waals surface area contributed by atoms with E-state index in [0.29, 0.717) is 32.3 Å². The number of guanidine groups is 1. The third-order valence-electron chi connectivity index (χ3n) is 4.10. The maximum absolute atomic E-state index is 12.1. The van der Waals surface area contributed by atoms with Crippen molar-refractivity contribution in [2.75, 3.05) is 38.2 Å². The maximum Gasteiger partial charge on any atom is 0.246 e. The molecule has 0 fully saturated rings. The number of anilines is 1. The molecule has 0 aromatic heterocycles. The summed E-state index contributed by atoms with van der Waals surface area (Å²) in [7, 11) is 0. The van der Waals surface area contributed by atoms with Crippen molar-refractivity contribution in [3.63, 3.8) is 0 Å². The van der Waals surface area contributed by atoms with Crippen LogP contribution in [0.4, 0.5) is 5.69 Å². The predicted octanol–water partition coefficient (Wildman–Crippen LogP) is 3.22. The Morgan fingerprint density at radius 1 is 0.933 bits per heavy atom. The largest absolute Gasteiger partial charge is 0.490 e. The van der Waals surface area contributed by atoms with Gasteiger partial charge in [0.25, 0.3) is 0 Å². The van der Waals surface area contributed by atoms with Gasteiger partial charge in [0.05, 0.1) is 13.2 Å². The lowest BCUT2D eigenvalue weighted by Gasteiger charge is -2.14. The Balaban J connectivity index is 1.88. The van der Waals surface area contributed by atoms with Gasteiger partial charge in [0.15, 0.2) is 17.5 Å². The molecule has 30 heavy (non-hydrogen) atoms. The van der Waals surface area contributed by atoms with Crippen LogP contribution in [0.5, 0.6) is 11.5 Å². The summed E-state index contributed by atoms with van der Waals surface area (Å²) in [6.45, 7) is 8.51. The van der Waals surface area contributed by atoms with Gasteiger partial charge in [-0.25, -0.2) is 4.99 Å². The normalized spacial score (nSPS) is 11.0. The van der Waals surface area contributed by atoms with Crippen molar-refractivity contribution < 1.29 is 14.3 Å². The summed E-state index contributed by atoms with van der Waals surface area (Å²) in [4.78, 5) is 16.5. The van der Waals surface area contributed by atoms with Gasteiger partial charge in [0.1, 0.15) is 6.54 Å². The number of aliphatic imine (C=N–C) groups is 1. The molecule has 0 saturated carbocycles. The van der Waals surface area contributed by atoms with Crippen LogP contribution in [0, 0.1) is 0 Å². The Bertz CT molecular complexity index is 809. The first-order chi connectivity index (χ1) is 14.7. The average Bonchev–Trinajstić information content (AvgIpc) is 2.75. The minimum Gasteiger partial charge on any atom is -0.490 e. The Kier molecular flexibility index (Phi) is 10.1. The summed E-state index contributed by atoms with van der Waals surface area (Å²) in [5.74, 6) is 1.97. The summed E-state index contributed by atoms with van der Waals surface area (Å²) in [5.41, 5.74) is 1.89. The van der Waals surface area contributed by atoms with Crippen LogP contribution in [0.15, 0.2) is 53.5 Å². The summed E-state index contributed by atoms with van der Waals surface area (Å²) in [6, 6.07) is 15.3. The zero-order chi connectivity index (χ0) is 21.6. The van der Waals surface area contributed by atoms with Crippen LogP contribution in [0.25, 0.3) is 0 Å². The molecular weight excluding hydrogens is 380 g/mol. The van der Waals surface area contributed by atoms with Crippen molar-refractivity contribution in [1.29, 1.82) is 0 Å². The van der Waals surface area contributed by atoms with E-state index in [1.165, 1.54) is 0 Å². The van der Waals surface area contributed by atoms with Crippen LogP contribution in [-0.4, -0.2) is 44.7 Å². The molecule has 0 aliphatic carbocycles. The minimum atomic E-state index is -0.161. The molecule has 0 bridgehead atoms. The first-order valence-electron chi connectivity index (χ1n) is 10.4. The monoisotopic (exact) mass is 412 g/mol. The van der Waals surface area contributed by atoms with Crippen molar-refractivity contribution in [2.45, 2.75) is 27.2 Å². The minimum absolute atomic E-state index is 0.0434. The molecular formula is C23H32N4O3. The van der Waals surface area contributed by atoms with Crippen molar-refractivity contribution in [1.82, 2.24) is 10.6 Å². The second kappa shape index (κ2) is 13.1. The van der Waals surface area contributed by atoms with Crippen molar-refractivity contribution in [2.24, 2.45) is 4.99 Å². The molecule has 0 saturated heterocycles. The van der Waals surface area contributed by atoms with Crippen LogP contribution in [0.2, 0.25) is 0 Å². The Hall–Kier alpha value is -3.22. The third kappa shape index (κ3) is 8.03. The molecule has 0 unspecified atom stereocenters. The predicted molar refractivity (Wildman–Crippen MR) is 122 cm³/mol. The topological polar surface area (TPSA) is 84.0 Å². The van der Waals surface area contributed by atoms with Crippen molar-refractivity contribution in [3.8, 4) is 11.5 Å². The maximum atomic E-state index is 12.1. The lowest BCUT2D eigenvalue weighted by atomic mass is 10.1. The van der Waals surface area contributed by atoms with Gasteiger partial charge >= 0.3 is 0 Å². The summed E-state index contributed by atoms with van der Waals surface area (Å²) < 4.78 is 11.3. The van der Waals surface area contributed by atoms with Crippen molar-refractivity contribution >= 4 is 17.6 Å². The van der Waals surface area contributed by atoms with Gasteiger partial charge < -0.3 is 25.4 Å². The Morgan fingerprint density at radius 2 is 1.67 bits per heavy atom. The number of amides is 1. The number of nitrogens with one attached hydrogen (secondary N) is 3. The fourth-order valence-electron chi connectivity index (χ4n) is 2.79. The second-order valence-electron chi connectivity index (χ2n) is 6.43. The summed E-state index contributed by atoms with van der Waals surface area (Å²) in [5, 5.41) is 9.25. The van der Waals surface area contributed by atoms with Gasteiger partial charge in [-0.2, -0.15) is 0 Å². The molecule has 0 radical (unpaired) electrons. The van der Waals surface area contributed by atoms with Gasteiger partial charge in [0.2, 0.25) is 5.91 Å². The molecule has 2 aromatic carbocycles. The molecule has 7 nitrogen and oxygen atoms in total. The number of para-hydroxylation sites is 1. The third-order valence-corrected chi connectivity index (χ3v) is 4.10. The van der Waals surface area contributed by atoms with E-state index in [0.717, 1.165) is 29.2 Å². The fraction of sp³-hybridized carbons (Fsp3) is 0.391. The highest BCUT2D eigenvalue weighted by Crippen LogP contribution is 2.28. The summed E-state index contributed by atoms with van der Waals surface area (Å²) in [6.07, 6.45) is 0.785. The van der Waals surface area contributed by atoms with E-state index in [2.05, 4.69) is 20.9 Å². The number of nitrogens with zero attached hydrogens (tertiary/aromatic N) is 1. The van der Waals surface area contributed by atoms with Gasteiger partial charge in [0, 0.05) is 18.8 Å². The molecule has 7 heteroatoms. The molecule has 0 aliphatic heterocycles. The molecule has 0 heterocycles. The molecule has 2 aromatic rings. The van der Waals surface area contributed by atoms with Gasteiger partial charge in [-0.15, -0.1) is 0 Å². The van der Waals surface area contributed by atoms with Crippen LogP contribution in [0.3, 0.4) is 0 Å². The highest BCUT2D eigenvalue weighted by Gasteiger charge is 2.07. The van der Waals surface area contributed by atoms with E-state index in [9.17, 15) is 4.79 Å². The number of carbonyl (C=O) groups is 1. The number of ether oxygens (including phenoxy) is 2. The quantitative estimate of drug-likeness (QED) is 0.390. The lowest BCUT2D eigenvalue weighted by Crippen LogP contribution is -2.39. The number of rotatable bonds is 11. The number of benzene rings is 2. The van der Waals surface area contributed by atoms with E-state index >= 15 is 0 Å². The Morgan fingerprint density at radius 3 is 2.37 bits per heavy atom. The number of hydrogen-bond acceptors (Lipinski definition) is 4. The zero-order valence-corrected chi connectivity index (χ0v) is 18.0. The molecule has 0 spiro atoms. The number of hydrogen-bond donors (Lipinski definition) is 3. The molecule has 2 rings (SSSR count). The first kappa shape index (κ1) is 23.1. The van der Waals surface area contributed by atoms with E-state index in [1.807, 2.05) is 69.3 Å². The van der Waals surface area contributed by atoms with Crippen LogP contribution in [0.1, 0.15) is 26.3 Å². The van der Waals surface area contributed by atoms with E-state index in [4.69, 9.17) is 9.47 Å². The first-order valence-corrected chi connectivity index (χ1v) is 10.4. The molecule has 0 aliphatic rings. The van der Waals surface area contributed by atoms with Gasteiger partial charge in [-0.05, 0) is 57.0 Å². The molecule has 0 atom stereocenters. The van der Waals surface area contributed by atoms with Crippen LogP contribution < -0.4 is 25.4 Å². The van der Waals surface area contributed by atoms with E-state index in [1.54, 1.807) is 0 Å². The smallest absolute Gasteiger partial charge is 0.246 e.